The van der Waals surface area contributed by atoms with Crippen molar-refractivity contribution < 1.29 is 4.79 Å². The minimum atomic E-state index is -0.0592. The van der Waals surface area contributed by atoms with Gasteiger partial charge in [-0.2, -0.15) is 0 Å². The Morgan fingerprint density at radius 2 is 2.18 bits per heavy atom. The summed E-state index contributed by atoms with van der Waals surface area (Å²) in [6.07, 6.45) is 5.29. The molecule has 1 fully saturated rings. The van der Waals surface area contributed by atoms with E-state index in [0.29, 0.717) is 16.8 Å². The molecule has 0 unspecified atom stereocenters. The fraction of sp³-hybridized carbons (Fsp3) is 0.583. The molecule has 0 spiro atoms. The highest BCUT2D eigenvalue weighted by Crippen LogP contribution is 2.30. The summed E-state index contributed by atoms with van der Waals surface area (Å²) in [7, 11) is 0. The maximum atomic E-state index is 12.2. The van der Waals surface area contributed by atoms with E-state index < -0.39 is 0 Å². The molecule has 0 atom stereocenters. The lowest BCUT2D eigenvalue weighted by molar-refractivity contribution is 0.0689. The highest BCUT2D eigenvalue weighted by atomic mass is 35.5. The second kappa shape index (κ2) is 5.00. The molecule has 0 aliphatic heterocycles. The summed E-state index contributed by atoms with van der Waals surface area (Å²) in [5.74, 6) is 0.609. The Morgan fingerprint density at radius 1 is 1.47 bits per heavy atom. The molecule has 0 radical (unpaired) electrons. The lowest BCUT2D eigenvalue weighted by Gasteiger charge is -2.26. The molecule has 4 nitrogen and oxygen atoms in total. The van der Waals surface area contributed by atoms with Crippen molar-refractivity contribution >= 4 is 17.5 Å². The van der Waals surface area contributed by atoms with Crippen molar-refractivity contribution in [3.63, 3.8) is 0 Å². The first-order chi connectivity index (χ1) is 8.08. The average molecular weight is 254 g/mol. The van der Waals surface area contributed by atoms with Gasteiger partial charge in [-0.05, 0) is 32.6 Å². The van der Waals surface area contributed by atoms with Gasteiger partial charge >= 0.3 is 0 Å². The zero-order valence-electron chi connectivity index (χ0n) is 10.1. The van der Waals surface area contributed by atoms with Crippen LogP contribution in [0.2, 0.25) is 5.15 Å². The molecule has 1 aliphatic carbocycles. The Hall–Kier alpha value is -1.16. The van der Waals surface area contributed by atoms with Gasteiger partial charge in [-0.1, -0.05) is 11.6 Å². The number of hydrogen-bond donors (Lipinski definition) is 0. The van der Waals surface area contributed by atoms with E-state index in [1.807, 2.05) is 18.7 Å². The summed E-state index contributed by atoms with van der Waals surface area (Å²) in [5, 5.41) is 0.305. The second-order valence-electron chi connectivity index (χ2n) is 4.72. The van der Waals surface area contributed by atoms with Gasteiger partial charge in [-0.25, -0.2) is 9.97 Å². The van der Waals surface area contributed by atoms with Crippen LogP contribution in [-0.2, 0) is 0 Å². The molecule has 1 saturated carbocycles. The third-order valence-electron chi connectivity index (χ3n) is 2.88. The topological polar surface area (TPSA) is 46.1 Å². The summed E-state index contributed by atoms with van der Waals surface area (Å²) in [4.78, 5) is 22.0. The molecular formula is C12H16ClN3O. The van der Waals surface area contributed by atoms with Crippen LogP contribution in [0.3, 0.4) is 0 Å². The lowest BCUT2D eigenvalue weighted by Crippen LogP contribution is -2.39. The van der Waals surface area contributed by atoms with Crippen LogP contribution in [-0.4, -0.2) is 33.4 Å². The average Bonchev–Trinajstić information content (AvgIpc) is 3.09. The predicted octanol–water partition coefficient (Wildman–Crippen LogP) is 2.39. The van der Waals surface area contributed by atoms with Crippen molar-refractivity contribution in [1.29, 1.82) is 0 Å². The van der Waals surface area contributed by atoms with Gasteiger partial charge in [-0.15, -0.1) is 0 Å². The van der Waals surface area contributed by atoms with Crippen molar-refractivity contribution in [2.75, 3.05) is 6.54 Å². The van der Waals surface area contributed by atoms with E-state index in [0.717, 1.165) is 6.54 Å². The standard InChI is InChI=1S/C12H16ClN3O/c1-8(2)16(7-9-3-4-9)12(17)10-5-15-11(13)6-14-10/h5-6,8-9H,3-4,7H2,1-2H3. The molecule has 0 saturated heterocycles. The molecule has 5 heteroatoms. The van der Waals surface area contributed by atoms with Crippen molar-refractivity contribution in [2.24, 2.45) is 5.92 Å². The van der Waals surface area contributed by atoms with Gasteiger partial charge < -0.3 is 4.90 Å². The highest BCUT2D eigenvalue weighted by molar-refractivity contribution is 6.29. The van der Waals surface area contributed by atoms with Gasteiger partial charge in [0.25, 0.3) is 5.91 Å². The third kappa shape index (κ3) is 3.16. The van der Waals surface area contributed by atoms with Crippen LogP contribution in [0, 0.1) is 5.92 Å². The Morgan fingerprint density at radius 3 is 2.65 bits per heavy atom. The first-order valence-corrected chi connectivity index (χ1v) is 6.24. The monoisotopic (exact) mass is 253 g/mol. The Labute approximate surface area is 106 Å². The van der Waals surface area contributed by atoms with Gasteiger partial charge in [-0.3, -0.25) is 4.79 Å². The molecular weight excluding hydrogens is 238 g/mol. The molecule has 92 valence electrons. The summed E-state index contributed by atoms with van der Waals surface area (Å²) < 4.78 is 0. The normalized spacial score (nSPS) is 15.1. The van der Waals surface area contributed by atoms with Gasteiger partial charge in [0.05, 0.1) is 12.4 Å². The van der Waals surface area contributed by atoms with Crippen molar-refractivity contribution in [3.8, 4) is 0 Å². The zero-order chi connectivity index (χ0) is 12.4. The Bertz CT molecular complexity index is 401. The molecule has 1 heterocycles. The molecule has 0 bridgehead atoms. The van der Waals surface area contributed by atoms with Gasteiger partial charge in [0.1, 0.15) is 10.8 Å². The molecule has 1 aliphatic rings. The van der Waals surface area contributed by atoms with Crippen LogP contribution in [0.1, 0.15) is 37.2 Å². The Kier molecular flexibility index (Phi) is 3.62. The fourth-order valence-corrected chi connectivity index (χ4v) is 1.77. The van der Waals surface area contributed by atoms with Crippen LogP contribution in [0.15, 0.2) is 12.4 Å². The van der Waals surface area contributed by atoms with Crippen molar-refractivity contribution in [1.82, 2.24) is 14.9 Å². The number of aromatic nitrogens is 2. The first-order valence-electron chi connectivity index (χ1n) is 5.86. The number of carbonyl (C=O) groups excluding carboxylic acids is 1. The minimum Gasteiger partial charge on any atom is -0.335 e. The largest absolute Gasteiger partial charge is 0.335 e. The summed E-state index contributed by atoms with van der Waals surface area (Å²) in [6, 6.07) is 0.181. The first kappa shape index (κ1) is 12.3. The maximum absolute atomic E-state index is 12.2. The Balaban J connectivity index is 2.11. The summed E-state index contributed by atoms with van der Waals surface area (Å²) in [5.41, 5.74) is 0.365. The quantitative estimate of drug-likeness (QED) is 0.828. The second-order valence-corrected chi connectivity index (χ2v) is 5.11. The third-order valence-corrected chi connectivity index (χ3v) is 3.07. The lowest BCUT2D eigenvalue weighted by atomic mass is 10.2. The molecule has 2 rings (SSSR count). The molecule has 1 aromatic heterocycles. The summed E-state index contributed by atoms with van der Waals surface area (Å²) in [6.45, 7) is 4.86. The van der Waals surface area contributed by atoms with E-state index in [4.69, 9.17) is 11.6 Å². The number of rotatable bonds is 4. The van der Waals surface area contributed by atoms with Crippen LogP contribution >= 0.6 is 11.6 Å². The molecule has 0 aromatic carbocycles. The smallest absolute Gasteiger partial charge is 0.274 e. The van der Waals surface area contributed by atoms with Gasteiger partial charge in [0, 0.05) is 12.6 Å². The van der Waals surface area contributed by atoms with Crippen LogP contribution in [0.5, 0.6) is 0 Å². The van der Waals surface area contributed by atoms with Crippen molar-refractivity contribution in [3.05, 3.63) is 23.2 Å². The maximum Gasteiger partial charge on any atom is 0.274 e. The molecule has 17 heavy (non-hydrogen) atoms. The van der Waals surface area contributed by atoms with Crippen LogP contribution in [0.25, 0.3) is 0 Å². The van der Waals surface area contributed by atoms with E-state index in [-0.39, 0.29) is 11.9 Å². The van der Waals surface area contributed by atoms with Gasteiger partial charge in [0.15, 0.2) is 0 Å². The summed E-state index contributed by atoms with van der Waals surface area (Å²) >= 11 is 5.65. The van der Waals surface area contributed by atoms with E-state index in [9.17, 15) is 4.79 Å². The van der Waals surface area contributed by atoms with Crippen LogP contribution in [0.4, 0.5) is 0 Å². The SMILES string of the molecule is CC(C)N(CC1CC1)C(=O)c1cnc(Cl)cn1. The minimum absolute atomic E-state index is 0.0592. The number of hydrogen-bond acceptors (Lipinski definition) is 3. The molecule has 1 amide bonds. The van der Waals surface area contributed by atoms with Crippen LogP contribution < -0.4 is 0 Å². The zero-order valence-corrected chi connectivity index (χ0v) is 10.8. The number of carbonyl (C=O) groups is 1. The highest BCUT2D eigenvalue weighted by Gasteiger charge is 2.29. The number of halogens is 1. The number of amides is 1. The molecule has 0 N–H and O–H groups in total. The molecule has 1 aromatic rings. The van der Waals surface area contributed by atoms with E-state index >= 15 is 0 Å². The van der Waals surface area contributed by atoms with Crippen molar-refractivity contribution in [2.45, 2.75) is 32.7 Å². The fourth-order valence-electron chi connectivity index (χ4n) is 1.68. The van der Waals surface area contributed by atoms with E-state index in [1.165, 1.54) is 25.2 Å². The number of nitrogens with zero attached hydrogens (tertiary/aromatic N) is 3. The van der Waals surface area contributed by atoms with E-state index in [2.05, 4.69) is 9.97 Å². The predicted molar refractivity (Wildman–Crippen MR) is 65.9 cm³/mol. The van der Waals surface area contributed by atoms with Gasteiger partial charge in [0.2, 0.25) is 0 Å². The van der Waals surface area contributed by atoms with E-state index in [1.54, 1.807) is 0 Å².